The Labute approximate surface area is 653 Å². The molecule has 0 aliphatic rings. The summed E-state index contributed by atoms with van der Waals surface area (Å²) >= 11 is 3.58. The van der Waals surface area contributed by atoms with E-state index in [0.29, 0.717) is 34.9 Å². The van der Waals surface area contributed by atoms with E-state index in [1.54, 1.807) is 22.7 Å². The van der Waals surface area contributed by atoms with Crippen LogP contribution in [0.3, 0.4) is 0 Å². The van der Waals surface area contributed by atoms with Crippen LogP contribution in [0.4, 0.5) is 0 Å². The fraction of sp³-hybridized carbons (Fsp3) is 0. The van der Waals surface area contributed by atoms with Gasteiger partial charge in [0.2, 0.25) is 0 Å². The molecule has 8 nitrogen and oxygen atoms in total. The van der Waals surface area contributed by atoms with Gasteiger partial charge in [-0.1, -0.05) is 297 Å². The molecule has 10 heteroatoms. The number of thiophene rings is 2. The largest absolute Gasteiger partial charge is 0.309 e. The Morgan fingerprint density at radius 2 is 0.464 bits per heavy atom. The predicted molar refractivity (Wildman–Crippen MR) is 468 cm³/mol. The summed E-state index contributed by atoms with van der Waals surface area (Å²) in [7, 11) is 0. The van der Waals surface area contributed by atoms with Crippen molar-refractivity contribution in [2.24, 2.45) is 0 Å². The van der Waals surface area contributed by atoms with Crippen molar-refractivity contribution in [2.45, 2.75) is 0 Å². The average molecular weight is 1470 g/mol. The van der Waals surface area contributed by atoms with Gasteiger partial charge in [0.15, 0.2) is 34.9 Å². The molecule has 16 aromatic carbocycles. The van der Waals surface area contributed by atoms with Crippen molar-refractivity contribution in [1.29, 1.82) is 0 Å². The molecule has 22 aromatic rings. The van der Waals surface area contributed by atoms with Crippen molar-refractivity contribution in [3.8, 4) is 124 Å². The summed E-state index contributed by atoms with van der Waals surface area (Å²) in [5.41, 5.74) is 22.1. The summed E-state index contributed by atoms with van der Waals surface area (Å²) in [6, 6.07) is 137. The lowest BCUT2D eigenvalue weighted by molar-refractivity contribution is 1.08. The van der Waals surface area contributed by atoms with Crippen molar-refractivity contribution in [2.75, 3.05) is 0 Å². The van der Waals surface area contributed by atoms with Crippen LogP contribution < -0.4 is 0 Å². The van der Waals surface area contributed by atoms with Gasteiger partial charge in [0.1, 0.15) is 0 Å². The Morgan fingerprint density at radius 1 is 0.170 bits per heavy atom. The third kappa shape index (κ3) is 11.9. The second-order valence-electron chi connectivity index (χ2n) is 28.1. The topological polar surface area (TPSA) is 87.2 Å². The molecule has 0 aliphatic heterocycles. The van der Waals surface area contributed by atoms with Crippen LogP contribution >= 0.6 is 22.7 Å². The number of rotatable bonds is 12. The van der Waals surface area contributed by atoms with E-state index in [1.165, 1.54) is 102 Å². The molecule has 0 amide bonds. The molecule has 524 valence electrons. The molecule has 0 unspecified atom stereocenters. The Hall–Kier alpha value is -14.4. The third-order valence-electron chi connectivity index (χ3n) is 21.3. The maximum absolute atomic E-state index is 5.17. The SMILES string of the molecule is c1ccc(-c2ccc3c4ccccc4n(-c4ccc(-c5cc(-c6nc(-c7ccccc7)nc(-c7ccccc7)n6)c6sc7ccccc7c6c5)cc4)c3c2)cc1.c1ccc(-c2nc(-c3ccccc3)nc(-c3cc(-c4ccc(-c5ccc6c(c5)c5ccccc5n6-c5ccccc5)cc4)cc4c3sc3ccccc34)n2)cc1. The van der Waals surface area contributed by atoms with E-state index in [2.05, 4.69) is 325 Å². The third-order valence-corrected chi connectivity index (χ3v) is 23.8. The van der Waals surface area contributed by atoms with Gasteiger partial charge >= 0.3 is 0 Å². The van der Waals surface area contributed by atoms with E-state index in [9.17, 15) is 0 Å². The number of nitrogens with zero attached hydrogens (tertiary/aromatic N) is 8. The highest BCUT2D eigenvalue weighted by Crippen LogP contribution is 2.46. The molecule has 112 heavy (non-hydrogen) atoms. The van der Waals surface area contributed by atoms with Gasteiger partial charge < -0.3 is 9.13 Å². The molecule has 0 aliphatic carbocycles. The van der Waals surface area contributed by atoms with Crippen molar-refractivity contribution in [3.63, 3.8) is 0 Å². The van der Waals surface area contributed by atoms with Crippen molar-refractivity contribution in [3.05, 3.63) is 388 Å². The van der Waals surface area contributed by atoms with E-state index in [1.807, 2.05) is 72.8 Å². The van der Waals surface area contributed by atoms with Crippen molar-refractivity contribution in [1.82, 2.24) is 39.0 Å². The molecule has 0 N–H and O–H groups in total. The van der Waals surface area contributed by atoms with E-state index in [4.69, 9.17) is 29.9 Å². The van der Waals surface area contributed by atoms with Gasteiger partial charge in [-0.3, -0.25) is 0 Å². The number of aromatic nitrogens is 8. The van der Waals surface area contributed by atoms with Crippen LogP contribution in [-0.2, 0) is 0 Å². The monoisotopic (exact) mass is 1460 g/mol. The highest BCUT2D eigenvalue weighted by Gasteiger charge is 2.23. The Morgan fingerprint density at radius 3 is 0.929 bits per heavy atom. The van der Waals surface area contributed by atoms with Gasteiger partial charge in [-0.2, -0.15) is 0 Å². The van der Waals surface area contributed by atoms with Crippen LogP contribution in [0.5, 0.6) is 0 Å². The Balaban J connectivity index is 0.000000141. The van der Waals surface area contributed by atoms with Crippen molar-refractivity contribution < 1.29 is 0 Å². The number of fused-ring (bicyclic) bond motifs is 12. The van der Waals surface area contributed by atoms with Crippen LogP contribution in [0.25, 0.3) is 208 Å². The molecule has 22 rings (SSSR count). The molecule has 0 atom stereocenters. The number of benzene rings is 16. The van der Waals surface area contributed by atoms with E-state index in [0.717, 1.165) is 71.7 Å². The van der Waals surface area contributed by atoms with Gasteiger partial charge in [0, 0.05) is 107 Å². The molecule has 6 aromatic heterocycles. The molecule has 0 fully saturated rings. The summed E-state index contributed by atoms with van der Waals surface area (Å²) in [4.78, 5) is 30.6. The van der Waals surface area contributed by atoms with Gasteiger partial charge in [-0.15, -0.1) is 22.7 Å². The van der Waals surface area contributed by atoms with Gasteiger partial charge in [0.25, 0.3) is 0 Å². The summed E-state index contributed by atoms with van der Waals surface area (Å²) in [6.45, 7) is 0. The van der Waals surface area contributed by atoms with Crippen LogP contribution in [0.1, 0.15) is 0 Å². The first kappa shape index (κ1) is 65.8. The first-order valence-corrected chi connectivity index (χ1v) is 39.2. The lowest BCUT2D eigenvalue weighted by Gasteiger charge is -2.12. The van der Waals surface area contributed by atoms with Crippen molar-refractivity contribution >= 4 is 107 Å². The predicted octanol–water partition coefficient (Wildman–Crippen LogP) is 27.3. The molecule has 6 heterocycles. The molecule has 0 radical (unpaired) electrons. The second kappa shape index (κ2) is 28.0. The highest BCUT2D eigenvalue weighted by atomic mass is 32.1. The molecule has 0 spiro atoms. The van der Waals surface area contributed by atoms with Gasteiger partial charge in [-0.05, 0) is 136 Å². The van der Waals surface area contributed by atoms with Crippen LogP contribution in [-0.4, -0.2) is 39.0 Å². The summed E-state index contributed by atoms with van der Waals surface area (Å²) in [5, 5.41) is 9.83. The quantitative estimate of drug-likeness (QED) is 0.121. The lowest BCUT2D eigenvalue weighted by atomic mass is 9.96. The normalized spacial score (nSPS) is 11.6. The summed E-state index contributed by atoms with van der Waals surface area (Å²) < 4.78 is 9.55. The fourth-order valence-corrected chi connectivity index (χ4v) is 18.3. The summed E-state index contributed by atoms with van der Waals surface area (Å²) in [5.74, 6) is 3.94. The van der Waals surface area contributed by atoms with Crippen LogP contribution in [0, 0.1) is 0 Å². The maximum Gasteiger partial charge on any atom is 0.165 e. The minimum absolute atomic E-state index is 0.653. The molecule has 0 saturated carbocycles. The van der Waals surface area contributed by atoms with Crippen LogP contribution in [0.2, 0.25) is 0 Å². The van der Waals surface area contributed by atoms with Gasteiger partial charge in [-0.25, -0.2) is 29.9 Å². The first-order chi connectivity index (χ1) is 55.5. The summed E-state index contributed by atoms with van der Waals surface area (Å²) in [6.07, 6.45) is 0. The zero-order valence-corrected chi connectivity index (χ0v) is 62.0. The zero-order valence-electron chi connectivity index (χ0n) is 60.3. The minimum Gasteiger partial charge on any atom is -0.309 e. The number of hydrogen-bond acceptors (Lipinski definition) is 8. The van der Waals surface area contributed by atoms with Crippen LogP contribution in [0.15, 0.2) is 388 Å². The maximum atomic E-state index is 5.17. The molecular weight excluding hydrogens is 1400 g/mol. The smallest absolute Gasteiger partial charge is 0.165 e. The van der Waals surface area contributed by atoms with E-state index < -0.39 is 0 Å². The number of hydrogen-bond donors (Lipinski definition) is 0. The highest BCUT2D eigenvalue weighted by molar-refractivity contribution is 7.26. The van der Waals surface area contributed by atoms with E-state index >= 15 is 0 Å². The second-order valence-corrected chi connectivity index (χ2v) is 30.2. The Kier molecular flexibility index (Phi) is 16.4. The minimum atomic E-state index is 0.653. The van der Waals surface area contributed by atoms with Gasteiger partial charge in [0.05, 0.1) is 22.1 Å². The first-order valence-electron chi connectivity index (χ1n) is 37.5. The average Bonchev–Trinajstić information content (AvgIpc) is 1.60. The van der Waals surface area contributed by atoms with E-state index in [-0.39, 0.29) is 0 Å². The number of para-hydroxylation sites is 3. The molecule has 0 bridgehead atoms. The standard InChI is InChI=1S/2C51H32N4S/c1-4-14-33(15-5-1)37-26-29-41-40-20-10-12-22-45(40)55(46(41)32-37)39-27-24-34(25-28-39)38-30-43-42-21-11-13-23-47(42)56-48(43)44(31-38)51-53-49(35-16-6-2-7-17-35)52-50(54-51)36-18-8-3-9-19-36;1-4-14-35(15-5-1)49-52-50(36-16-6-2-7-17-36)54-51(53-49)44-32-38(31-43-41-21-11-13-23-47(41)56-48(43)44)34-26-24-33(25-27-34)37-28-29-46-42(30-37)40-20-10-12-22-45(40)55(46)39-18-8-3-9-19-39/h2*1-32H. The lowest BCUT2D eigenvalue weighted by Crippen LogP contribution is -2.00. The fourth-order valence-electron chi connectivity index (χ4n) is 15.9. The molecule has 0 saturated heterocycles. The zero-order chi connectivity index (χ0) is 74.0. The molecular formula is C102H64N8S2. The Bertz CT molecular complexity index is 7210.